The normalized spacial score (nSPS) is 21.0. The number of fused-ring (bicyclic) bond motifs is 2. The molecule has 0 saturated carbocycles. The van der Waals surface area contributed by atoms with E-state index in [9.17, 15) is 4.79 Å². The number of rotatable bonds is 6. The number of carbonyl (C=O) groups is 1. The Morgan fingerprint density at radius 3 is 2.62 bits per heavy atom. The predicted molar refractivity (Wildman–Crippen MR) is 161 cm³/mol. The zero-order valence-electron chi connectivity index (χ0n) is 25.0. The van der Waals surface area contributed by atoms with Crippen LogP contribution < -0.4 is 15.4 Å². The van der Waals surface area contributed by atoms with Gasteiger partial charge in [0.05, 0.1) is 24.0 Å². The molecule has 10 nitrogen and oxygen atoms in total. The summed E-state index contributed by atoms with van der Waals surface area (Å²) >= 11 is 0. The van der Waals surface area contributed by atoms with Crippen molar-refractivity contribution in [2.75, 3.05) is 11.9 Å². The van der Waals surface area contributed by atoms with Gasteiger partial charge >= 0.3 is 6.03 Å². The highest BCUT2D eigenvalue weighted by molar-refractivity contribution is 5.88. The van der Waals surface area contributed by atoms with Gasteiger partial charge in [-0.3, -0.25) is 14.6 Å². The van der Waals surface area contributed by atoms with Crippen LogP contribution in [0.15, 0.2) is 55.0 Å². The second kappa shape index (κ2) is 11.3. The molecule has 0 spiro atoms. The van der Waals surface area contributed by atoms with Crippen LogP contribution in [-0.4, -0.2) is 48.1 Å². The lowest BCUT2D eigenvalue weighted by Gasteiger charge is -2.32. The second-order valence-electron chi connectivity index (χ2n) is 12.6. The molecule has 6 rings (SSSR count). The summed E-state index contributed by atoms with van der Waals surface area (Å²) in [5, 5.41) is 15.1. The number of ether oxygens (including phenoxy) is 1. The molecule has 0 radical (unpaired) electrons. The first-order valence-corrected chi connectivity index (χ1v) is 14.9. The first-order valence-electron chi connectivity index (χ1n) is 14.9. The monoisotopic (exact) mass is 568 g/mol. The highest BCUT2D eigenvalue weighted by Gasteiger charge is 2.32. The molecule has 4 aromatic rings. The lowest BCUT2D eigenvalue weighted by Crippen LogP contribution is -2.36. The third-order valence-corrected chi connectivity index (χ3v) is 8.35. The van der Waals surface area contributed by atoms with Gasteiger partial charge in [0.15, 0.2) is 11.5 Å². The maximum Gasteiger partial charge on any atom is 0.320 e. The van der Waals surface area contributed by atoms with Gasteiger partial charge in [-0.15, -0.1) is 10.2 Å². The van der Waals surface area contributed by atoms with Gasteiger partial charge < -0.3 is 10.1 Å². The third-order valence-electron chi connectivity index (χ3n) is 8.35. The number of nitrogens with zero attached hydrogens (tertiary/aromatic N) is 6. The Hall–Kier alpha value is -4.05. The van der Waals surface area contributed by atoms with Crippen molar-refractivity contribution in [1.82, 2.24) is 34.8 Å². The molecule has 220 valence electrons. The number of urea groups is 1. The average Bonchev–Trinajstić information content (AvgIpc) is 3.61. The van der Waals surface area contributed by atoms with Gasteiger partial charge in [0.25, 0.3) is 0 Å². The fraction of sp³-hybridized carbons (Fsp3) is 0.469. The van der Waals surface area contributed by atoms with E-state index in [1.54, 1.807) is 0 Å². The molecule has 2 aliphatic rings. The molecule has 42 heavy (non-hydrogen) atoms. The van der Waals surface area contributed by atoms with Crippen LogP contribution in [0.2, 0.25) is 0 Å². The SMILES string of the molecule is CC(C)N1CCCC1c1nnc2ccc(O[C@@H]3CC[C@H](NC(=O)Nc4cc(C(C)(C)C)ncn4)c4ccccc43)cn12. The number of likely N-dealkylation sites (tertiary alicyclic amines) is 1. The summed E-state index contributed by atoms with van der Waals surface area (Å²) in [6.07, 6.45) is 7.14. The van der Waals surface area contributed by atoms with Crippen LogP contribution in [0.25, 0.3) is 5.65 Å². The number of pyridine rings is 1. The Morgan fingerprint density at radius 2 is 1.83 bits per heavy atom. The number of amides is 2. The van der Waals surface area contributed by atoms with Crippen LogP contribution in [0, 0.1) is 0 Å². The summed E-state index contributed by atoms with van der Waals surface area (Å²) in [5.41, 5.74) is 3.70. The van der Waals surface area contributed by atoms with Crippen LogP contribution >= 0.6 is 0 Å². The molecule has 0 bridgehead atoms. The Bertz CT molecular complexity index is 1580. The smallest absolute Gasteiger partial charge is 0.320 e. The van der Waals surface area contributed by atoms with Crippen molar-refractivity contribution in [3.63, 3.8) is 0 Å². The van der Waals surface area contributed by atoms with Crippen LogP contribution in [0.4, 0.5) is 10.6 Å². The summed E-state index contributed by atoms with van der Waals surface area (Å²) in [7, 11) is 0. The number of hydrogen-bond donors (Lipinski definition) is 2. The van der Waals surface area contributed by atoms with Crippen LogP contribution in [0.1, 0.15) is 101 Å². The standard InChI is InChI=1S/C32H40N8O2/c1-20(2)39-16-8-11-25(39)30-38-37-29-15-12-21(18-40(29)30)42-26-14-13-24(22-9-6-7-10-23(22)26)35-31(41)36-28-17-27(32(3,4)5)33-19-34-28/h6-7,9-10,12,15,17-20,24-26H,8,11,13-14,16H2,1-5H3,(H2,33,34,35,36,41)/t24-,25?,26+/m0/s1. The Morgan fingerprint density at radius 1 is 1.02 bits per heavy atom. The van der Waals surface area contributed by atoms with Gasteiger partial charge in [0, 0.05) is 17.5 Å². The molecule has 1 aromatic carbocycles. The van der Waals surface area contributed by atoms with Gasteiger partial charge in [-0.25, -0.2) is 14.8 Å². The van der Waals surface area contributed by atoms with Crippen molar-refractivity contribution in [2.45, 2.75) is 89.9 Å². The molecule has 1 fully saturated rings. The zero-order valence-corrected chi connectivity index (χ0v) is 25.0. The van der Waals surface area contributed by atoms with Crippen molar-refractivity contribution >= 4 is 17.5 Å². The van der Waals surface area contributed by atoms with E-state index in [-0.39, 0.29) is 29.6 Å². The van der Waals surface area contributed by atoms with E-state index >= 15 is 0 Å². The molecule has 1 aliphatic heterocycles. The first-order chi connectivity index (χ1) is 20.2. The molecule has 3 aromatic heterocycles. The molecule has 2 N–H and O–H groups in total. The zero-order chi connectivity index (χ0) is 29.4. The molecule has 3 atom stereocenters. The second-order valence-corrected chi connectivity index (χ2v) is 12.6. The minimum absolute atomic E-state index is 0.130. The molecular weight excluding hydrogens is 528 g/mol. The molecule has 4 heterocycles. The topological polar surface area (TPSA) is 110 Å². The molecule has 1 unspecified atom stereocenters. The first kappa shape index (κ1) is 28.1. The summed E-state index contributed by atoms with van der Waals surface area (Å²) in [5.74, 6) is 2.23. The van der Waals surface area contributed by atoms with E-state index < -0.39 is 0 Å². The molecule has 10 heteroatoms. The number of aromatic nitrogens is 5. The quantitative estimate of drug-likeness (QED) is 0.288. The Kier molecular flexibility index (Phi) is 7.57. The highest BCUT2D eigenvalue weighted by atomic mass is 16.5. The number of anilines is 1. The van der Waals surface area contributed by atoms with E-state index in [1.165, 1.54) is 6.33 Å². The highest BCUT2D eigenvalue weighted by Crippen LogP contribution is 2.39. The van der Waals surface area contributed by atoms with Crippen molar-refractivity contribution in [1.29, 1.82) is 0 Å². The summed E-state index contributed by atoms with van der Waals surface area (Å²) < 4.78 is 8.70. The number of benzene rings is 1. The van der Waals surface area contributed by atoms with E-state index in [0.29, 0.717) is 11.9 Å². The lowest BCUT2D eigenvalue weighted by molar-refractivity contribution is 0.171. The molecule has 1 saturated heterocycles. The maximum atomic E-state index is 13.0. The minimum Gasteiger partial charge on any atom is -0.484 e. The van der Waals surface area contributed by atoms with Crippen molar-refractivity contribution < 1.29 is 9.53 Å². The van der Waals surface area contributed by atoms with Gasteiger partial charge in [0.1, 0.15) is 24.0 Å². The molecular formula is C32H40N8O2. The van der Waals surface area contributed by atoms with Crippen LogP contribution in [0.5, 0.6) is 5.75 Å². The average molecular weight is 569 g/mol. The summed E-state index contributed by atoms with van der Waals surface area (Å²) in [6.45, 7) is 11.8. The fourth-order valence-corrected chi connectivity index (χ4v) is 6.20. The minimum atomic E-state index is -0.291. The predicted octanol–water partition coefficient (Wildman–Crippen LogP) is 6.14. The van der Waals surface area contributed by atoms with Crippen LogP contribution in [0.3, 0.4) is 0 Å². The number of hydrogen-bond acceptors (Lipinski definition) is 7. The van der Waals surface area contributed by atoms with Gasteiger partial charge in [-0.1, -0.05) is 45.0 Å². The third kappa shape index (κ3) is 5.68. The van der Waals surface area contributed by atoms with E-state index in [2.05, 4.69) is 86.9 Å². The van der Waals surface area contributed by atoms with Gasteiger partial charge in [-0.2, -0.15) is 0 Å². The fourth-order valence-electron chi connectivity index (χ4n) is 6.20. The summed E-state index contributed by atoms with van der Waals surface area (Å²) in [4.78, 5) is 24.1. The van der Waals surface area contributed by atoms with Crippen LogP contribution in [-0.2, 0) is 5.41 Å². The van der Waals surface area contributed by atoms with E-state index in [0.717, 1.165) is 66.3 Å². The van der Waals surface area contributed by atoms with Crippen molar-refractivity contribution in [2.24, 2.45) is 0 Å². The largest absolute Gasteiger partial charge is 0.484 e. The van der Waals surface area contributed by atoms with E-state index in [1.807, 2.05) is 36.5 Å². The molecule has 2 amide bonds. The lowest BCUT2D eigenvalue weighted by atomic mass is 9.85. The maximum absolute atomic E-state index is 13.0. The van der Waals surface area contributed by atoms with Gasteiger partial charge in [-0.05, 0) is 69.3 Å². The van der Waals surface area contributed by atoms with Crippen molar-refractivity contribution in [3.8, 4) is 5.75 Å². The van der Waals surface area contributed by atoms with Crippen molar-refractivity contribution in [3.05, 3.63) is 77.6 Å². The summed E-state index contributed by atoms with van der Waals surface area (Å²) in [6, 6.07) is 14.2. The van der Waals surface area contributed by atoms with E-state index in [4.69, 9.17) is 4.74 Å². The number of carbonyl (C=O) groups excluding carboxylic acids is 1. The Labute approximate surface area is 246 Å². The molecule has 1 aliphatic carbocycles. The Balaban J connectivity index is 1.18. The van der Waals surface area contributed by atoms with Gasteiger partial charge in [0.2, 0.25) is 0 Å². The number of nitrogens with one attached hydrogen (secondary N) is 2.